The number of carbonyl (C=O) groups is 2. The summed E-state index contributed by atoms with van der Waals surface area (Å²) in [5.41, 5.74) is -0.166. The molecule has 216 valence electrons. The van der Waals surface area contributed by atoms with E-state index in [4.69, 9.17) is 18.9 Å². The van der Waals surface area contributed by atoms with E-state index in [2.05, 4.69) is 17.3 Å². The number of hydrogen-bond acceptors (Lipinski definition) is 9. The number of methoxy groups -OCH3 is 1. The summed E-state index contributed by atoms with van der Waals surface area (Å²) in [6, 6.07) is 2.69. The number of hydrogen-bond donors (Lipinski definition) is 2. The number of carbonyl (C=O) groups excluding carboxylic acids is 2. The van der Waals surface area contributed by atoms with Gasteiger partial charge in [-0.1, -0.05) is 6.07 Å². The Balaban J connectivity index is 1.52. The molecule has 1 aromatic carbocycles. The van der Waals surface area contributed by atoms with Crippen molar-refractivity contribution in [2.24, 2.45) is 0 Å². The number of esters is 2. The van der Waals surface area contributed by atoms with Crippen molar-refractivity contribution in [1.82, 2.24) is 10.2 Å². The van der Waals surface area contributed by atoms with Gasteiger partial charge in [0.1, 0.15) is 23.3 Å². The van der Waals surface area contributed by atoms with Crippen LogP contribution in [-0.2, 0) is 35.6 Å². The number of benzene rings is 1. The second-order valence-electron chi connectivity index (χ2n) is 13.7. The summed E-state index contributed by atoms with van der Waals surface area (Å²) in [5, 5.41) is 14.4. The van der Waals surface area contributed by atoms with Crippen LogP contribution in [0.2, 0.25) is 0 Å². The van der Waals surface area contributed by atoms with E-state index in [0.29, 0.717) is 12.2 Å². The molecule has 1 saturated heterocycles. The third-order valence-corrected chi connectivity index (χ3v) is 8.95. The van der Waals surface area contributed by atoms with Crippen LogP contribution < -0.4 is 10.1 Å². The van der Waals surface area contributed by atoms with E-state index in [1.807, 2.05) is 26.8 Å². The van der Waals surface area contributed by atoms with Gasteiger partial charge in [0, 0.05) is 24.8 Å². The van der Waals surface area contributed by atoms with Crippen LogP contribution in [0.3, 0.4) is 0 Å². The van der Waals surface area contributed by atoms with E-state index in [9.17, 15) is 14.7 Å². The number of nitrogens with one attached hydrogen (secondary N) is 1. The Morgan fingerprint density at radius 3 is 2.49 bits per heavy atom. The van der Waals surface area contributed by atoms with Gasteiger partial charge in [0.25, 0.3) is 0 Å². The first-order valence-electron chi connectivity index (χ1n) is 14.1. The minimum atomic E-state index is -0.915. The van der Waals surface area contributed by atoms with Gasteiger partial charge >= 0.3 is 11.9 Å². The highest BCUT2D eigenvalue weighted by molar-refractivity contribution is 5.83. The Morgan fingerprint density at radius 2 is 1.85 bits per heavy atom. The largest absolute Gasteiger partial charge is 0.504 e. The van der Waals surface area contributed by atoms with E-state index in [1.165, 1.54) is 5.56 Å². The van der Waals surface area contributed by atoms with Crippen LogP contribution in [0.15, 0.2) is 12.1 Å². The maximum atomic E-state index is 13.4. The lowest BCUT2D eigenvalue weighted by Gasteiger charge is -2.65. The zero-order chi connectivity index (χ0) is 28.5. The van der Waals surface area contributed by atoms with Gasteiger partial charge in [-0.25, -0.2) is 0 Å². The maximum absolute atomic E-state index is 13.4. The smallest absolute Gasteiger partial charge is 0.324 e. The van der Waals surface area contributed by atoms with Crippen LogP contribution in [0.5, 0.6) is 11.5 Å². The number of phenols is 1. The van der Waals surface area contributed by atoms with Gasteiger partial charge in [0.15, 0.2) is 11.5 Å². The highest BCUT2D eigenvalue weighted by Crippen LogP contribution is 2.66. The molecule has 2 unspecified atom stereocenters. The van der Waals surface area contributed by atoms with Crippen molar-refractivity contribution < 1.29 is 33.6 Å². The normalized spacial score (nSPS) is 32.2. The lowest BCUT2D eigenvalue weighted by molar-refractivity contribution is -0.204. The Labute approximate surface area is 231 Å². The summed E-state index contributed by atoms with van der Waals surface area (Å²) < 4.78 is 24.5. The fraction of sp³-hybridized carbons (Fsp3) is 0.733. The molecule has 2 N–H and O–H groups in total. The molecule has 1 aromatic rings. The van der Waals surface area contributed by atoms with Crippen molar-refractivity contribution in [2.75, 3.05) is 20.7 Å². The standard InChI is InChI=1S/C30H44N2O7/c1-27(2,3)38-22(34)16-19(26(35)39-28(4,5)6)31-18-11-12-30(36-8)21-15-17-9-10-20(33)24-23(17)29(30,25(18)37-24)13-14-32(21)7/h9-10,18-19,21,25,31,33H,11-16H2,1-8H3/t18?,19-,21?,25-,29-,30+/m0/s1. The van der Waals surface area contributed by atoms with Crippen LogP contribution in [0.1, 0.15) is 78.4 Å². The first-order valence-corrected chi connectivity index (χ1v) is 14.1. The molecule has 0 amide bonds. The molecule has 1 saturated carbocycles. The lowest BCUT2D eigenvalue weighted by Crippen LogP contribution is -2.78. The Morgan fingerprint density at radius 1 is 1.15 bits per heavy atom. The van der Waals surface area contributed by atoms with Crippen LogP contribution in [0, 0.1) is 0 Å². The summed E-state index contributed by atoms with van der Waals surface area (Å²) in [4.78, 5) is 28.7. The number of nitrogens with zero attached hydrogens (tertiary/aromatic N) is 1. The molecule has 2 bridgehead atoms. The van der Waals surface area contributed by atoms with Crippen LogP contribution in [0.4, 0.5) is 0 Å². The minimum absolute atomic E-state index is 0.121. The Bertz CT molecular complexity index is 1160. The van der Waals surface area contributed by atoms with E-state index >= 15 is 0 Å². The SMILES string of the molecule is CO[C@@]12CCC(N[C@@H](CC(=O)OC(C)(C)C)C(=O)OC(C)(C)C)[C@@H]3Oc4c(O)ccc5c4[C@@]31CCN(C)C2C5. The minimum Gasteiger partial charge on any atom is -0.504 e. The number of likely N-dealkylation sites (tertiary alicyclic amines) is 1. The van der Waals surface area contributed by atoms with Crippen molar-refractivity contribution in [3.63, 3.8) is 0 Å². The summed E-state index contributed by atoms with van der Waals surface area (Å²) in [6.07, 6.45) is 2.48. The monoisotopic (exact) mass is 544 g/mol. The van der Waals surface area contributed by atoms with Crippen LogP contribution >= 0.6 is 0 Å². The average Bonchev–Trinajstić information content (AvgIpc) is 3.17. The molecule has 6 atom stereocenters. The zero-order valence-electron chi connectivity index (χ0n) is 24.6. The van der Waals surface area contributed by atoms with Gasteiger partial charge in [-0.15, -0.1) is 0 Å². The predicted molar refractivity (Wildman–Crippen MR) is 145 cm³/mol. The molecule has 1 spiro atoms. The van der Waals surface area contributed by atoms with Gasteiger partial charge < -0.3 is 29.0 Å². The molecule has 0 aromatic heterocycles. The molecule has 2 aliphatic carbocycles. The molecular weight excluding hydrogens is 500 g/mol. The molecule has 2 heterocycles. The number of piperidine rings is 1. The first kappa shape index (κ1) is 28.2. The number of ether oxygens (including phenoxy) is 4. The van der Waals surface area contributed by atoms with Gasteiger partial charge in [0.2, 0.25) is 0 Å². The molecule has 39 heavy (non-hydrogen) atoms. The lowest BCUT2D eigenvalue weighted by atomic mass is 9.48. The van der Waals surface area contributed by atoms with Crippen molar-refractivity contribution in [3.05, 3.63) is 23.3 Å². The second kappa shape index (κ2) is 9.35. The van der Waals surface area contributed by atoms with Crippen LogP contribution in [-0.4, -0.2) is 83.7 Å². The third-order valence-electron chi connectivity index (χ3n) is 8.95. The fourth-order valence-electron chi connectivity index (χ4n) is 7.70. The molecular formula is C30H44N2O7. The zero-order valence-corrected chi connectivity index (χ0v) is 24.6. The first-order chi connectivity index (χ1) is 18.1. The van der Waals surface area contributed by atoms with Gasteiger partial charge in [-0.05, 0) is 92.4 Å². The van der Waals surface area contributed by atoms with E-state index in [0.717, 1.165) is 31.4 Å². The predicted octanol–water partition coefficient (Wildman–Crippen LogP) is 3.23. The number of phenolic OH excluding ortho intramolecular Hbond substituents is 1. The summed E-state index contributed by atoms with van der Waals surface area (Å²) >= 11 is 0. The van der Waals surface area contributed by atoms with Crippen molar-refractivity contribution in [3.8, 4) is 11.5 Å². The highest BCUT2D eigenvalue weighted by atomic mass is 16.6. The quantitative estimate of drug-likeness (QED) is 0.522. The molecule has 9 nitrogen and oxygen atoms in total. The molecule has 2 aliphatic heterocycles. The molecule has 5 rings (SSSR count). The van der Waals surface area contributed by atoms with E-state index < -0.39 is 46.3 Å². The number of likely N-dealkylation sites (N-methyl/N-ethyl adjacent to an activating group) is 1. The van der Waals surface area contributed by atoms with Gasteiger partial charge in [0.05, 0.1) is 17.4 Å². The highest BCUT2D eigenvalue weighted by Gasteiger charge is 2.73. The van der Waals surface area contributed by atoms with E-state index in [1.54, 1.807) is 33.9 Å². The summed E-state index contributed by atoms with van der Waals surface area (Å²) in [6.45, 7) is 11.7. The van der Waals surface area contributed by atoms with E-state index in [-0.39, 0.29) is 24.3 Å². The Kier molecular flexibility index (Phi) is 6.75. The summed E-state index contributed by atoms with van der Waals surface area (Å²) in [7, 11) is 3.94. The van der Waals surface area contributed by atoms with Crippen molar-refractivity contribution >= 4 is 11.9 Å². The average molecular weight is 545 g/mol. The van der Waals surface area contributed by atoms with Gasteiger partial charge in [-0.3, -0.25) is 14.9 Å². The molecule has 4 aliphatic rings. The van der Waals surface area contributed by atoms with Crippen molar-refractivity contribution in [1.29, 1.82) is 0 Å². The van der Waals surface area contributed by atoms with Gasteiger partial charge in [-0.2, -0.15) is 0 Å². The second-order valence-corrected chi connectivity index (χ2v) is 13.7. The third kappa shape index (κ3) is 4.50. The molecule has 9 heteroatoms. The summed E-state index contributed by atoms with van der Waals surface area (Å²) in [5.74, 6) is -0.329. The van der Waals surface area contributed by atoms with Crippen molar-refractivity contribution in [2.45, 2.75) is 120 Å². The molecule has 2 fully saturated rings. The Hall–Kier alpha value is -2.36. The number of rotatable bonds is 6. The molecule has 0 radical (unpaired) electrons. The topological polar surface area (TPSA) is 107 Å². The number of aromatic hydroxyl groups is 1. The van der Waals surface area contributed by atoms with Crippen LogP contribution in [0.25, 0.3) is 0 Å². The fourth-order valence-corrected chi connectivity index (χ4v) is 7.70. The maximum Gasteiger partial charge on any atom is 0.324 e.